The van der Waals surface area contributed by atoms with Crippen LogP contribution in [0.3, 0.4) is 0 Å². The molecule has 0 aromatic carbocycles. The Hall–Kier alpha value is -2.98. The van der Waals surface area contributed by atoms with Crippen molar-refractivity contribution in [3.8, 4) is 0 Å². The lowest BCUT2D eigenvalue weighted by Crippen LogP contribution is -2.32. The second kappa shape index (κ2) is 8.81. The molecule has 1 amide bonds. The van der Waals surface area contributed by atoms with Crippen LogP contribution in [0, 0.1) is 6.92 Å². The molecule has 0 saturated heterocycles. The van der Waals surface area contributed by atoms with E-state index in [0.717, 1.165) is 11.3 Å². The summed E-state index contributed by atoms with van der Waals surface area (Å²) in [4.78, 5) is 42.1. The maximum Gasteiger partial charge on any atom is 0.348 e. The van der Waals surface area contributed by atoms with Gasteiger partial charge in [-0.05, 0) is 24.6 Å². The number of thiophene rings is 1. The van der Waals surface area contributed by atoms with Crippen LogP contribution in [0.4, 0.5) is 0 Å². The fourth-order valence-electron chi connectivity index (χ4n) is 2.56. The van der Waals surface area contributed by atoms with E-state index in [1.807, 2.05) is 0 Å². The number of amides is 1. The van der Waals surface area contributed by atoms with Gasteiger partial charge in [0.2, 0.25) is 5.91 Å². The molecule has 0 bridgehead atoms. The van der Waals surface area contributed by atoms with Crippen LogP contribution in [0.5, 0.6) is 0 Å². The second-order valence-corrected chi connectivity index (χ2v) is 6.90. The molecule has 3 aromatic heterocycles. The predicted molar refractivity (Wildman–Crippen MR) is 101 cm³/mol. The number of hydrogen-bond donors (Lipinski definition) is 1. The standard InChI is InChI=1S/C18H19N3O6S/c1-11-14-16(28-15(11)18(24)27-7-6-25-2)20-10-21(17(14)23)9-13(22)19-8-12-4-3-5-26-12/h3-5,10H,6-9H2,1-2H3,(H,19,22). The highest BCUT2D eigenvalue weighted by molar-refractivity contribution is 7.20. The first-order chi connectivity index (χ1) is 13.5. The number of rotatable bonds is 8. The lowest BCUT2D eigenvalue weighted by molar-refractivity contribution is -0.122. The average molecular weight is 405 g/mol. The minimum atomic E-state index is -0.528. The molecule has 28 heavy (non-hydrogen) atoms. The van der Waals surface area contributed by atoms with Gasteiger partial charge in [0.05, 0.1) is 31.1 Å². The van der Waals surface area contributed by atoms with Crippen molar-refractivity contribution in [2.45, 2.75) is 20.0 Å². The van der Waals surface area contributed by atoms with Gasteiger partial charge in [0, 0.05) is 7.11 Å². The molecule has 0 atom stereocenters. The smallest absolute Gasteiger partial charge is 0.348 e. The molecule has 0 radical (unpaired) electrons. The molecule has 3 heterocycles. The summed E-state index contributed by atoms with van der Waals surface area (Å²) >= 11 is 1.09. The third kappa shape index (κ3) is 4.29. The molecular weight excluding hydrogens is 386 g/mol. The van der Waals surface area contributed by atoms with E-state index in [4.69, 9.17) is 13.9 Å². The summed E-state index contributed by atoms with van der Waals surface area (Å²) in [6, 6.07) is 3.46. The van der Waals surface area contributed by atoms with Crippen LogP contribution in [0.25, 0.3) is 10.2 Å². The number of carbonyl (C=O) groups excluding carboxylic acids is 2. The largest absolute Gasteiger partial charge is 0.467 e. The SMILES string of the molecule is COCCOC(=O)c1sc2ncn(CC(=O)NCc3ccco3)c(=O)c2c1C. The topological polar surface area (TPSA) is 113 Å². The van der Waals surface area contributed by atoms with Gasteiger partial charge in [-0.1, -0.05) is 0 Å². The number of aryl methyl sites for hydroxylation is 1. The highest BCUT2D eigenvalue weighted by Crippen LogP contribution is 2.27. The molecule has 0 aliphatic heterocycles. The zero-order valence-corrected chi connectivity index (χ0v) is 16.2. The third-order valence-corrected chi connectivity index (χ3v) is 5.16. The van der Waals surface area contributed by atoms with Crippen LogP contribution in [-0.4, -0.2) is 41.8 Å². The van der Waals surface area contributed by atoms with Crippen molar-refractivity contribution in [1.82, 2.24) is 14.9 Å². The van der Waals surface area contributed by atoms with Crippen molar-refractivity contribution >= 4 is 33.4 Å². The van der Waals surface area contributed by atoms with Crippen molar-refractivity contribution in [3.63, 3.8) is 0 Å². The highest BCUT2D eigenvalue weighted by atomic mass is 32.1. The number of hydrogen-bond acceptors (Lipinski definition) is 8. The van der Waals surface area contributed by atoms with Gasteiger partial charge < -0.3 is 19.2 Å². The van der Waals surface area contributed by atoms with E-state index in [9.17, 15) is 14.4 Å². The Morgan fingerprint density at radius 3 is 2.89 bits per heavy atom. The number of esters is 1. The molecule has 0 aliphatic carbocycles. The fourth-order valence-corrected chi connectivity index (χ4v) is 3.59. The summed E-state index contributed by atoms with van der Waals surface area (Å²) < 4.78 is 16.3. The Kier molecular flexibility index (Phi) is 6.22. The molecule has 9 nitrogen and oxygen atoms in total. The first kappa shape index (κ1) is 19.8. The number of nitrogens with zero attached hydrogens (tertiary/aromatic N) is 2. The predicted octanol–water partition coefficient (Wildman–Crippen LogP) is 1.48. The van der Waals surface area contributed by atoms with Crippen LogP contribution in [-0.2, 0) is 27.4 Å². The quantitative estimate of drug-likeness (QED) is 0.446. The van der Waals surface area contributed by atoms with Crippen molar-refractivity contribution < 1.29 is 23.5 Å². The van der Waals surface area contributed by atoms with E-state index < -0.39 is 5.97 Å². The van der Waals surface area contributed by atoms with Crippen LogP contribution < -0.4 is 10.9 Å². The number of ether oxygens (including phenoxy) is 2. The maximum absolute atomic E-state index is 12.8. The van der Waals surface area contributed by atoms with Gasteiger partial charge in [-0.2, -0.15) is 0 Å². The molecule has 0 spiro atoms. The van der Waals surface area contributed by atoms with Crippen LogP contribution >= 0.6 is 11.3 Å². The van der Waals surface area contributed by atoms with Crippen molar-refractivity contribution in [2.75, 3.05) is 20.3 Å². The lowest BCUT2D eigenvalue weighted by Gasteiger charge is -2.06. The Morgan fingerprint density at radius 1 is 1.36 bits per heavy atom. The number of methoxy groups -OCH3 is 1. The Labute approximate surface area is 163 Å². The number of carbonyl (C=O) groups is 2. The van der Waals surface area contributed by atoms with E-state index >= 15 is 0 Å². The van der Waals surface area contributed by atoms with Gasteiger partial charge in [0.1, 0.15) is 28.6 Å². The van der Waals surface area contributed by atoms with Crippen molar-refractivity contribution in [2.24, 2.45) is 0 Å². The average Bonchev–Trinajstić information content (AvgIpc) is 3.31. The van der Waals surface area contributed by atoms with Crippen molar-refractivity contribution in [3.05, 3.63) is 51.3 Å². The van der Waals surface area contributed by atoms with Gasteiger partial charge in [-0.3, -0.25) is 14.2 Å². The number of furan rings is 1. The van der Waals surface area contributed by atoms with Crippen LogP contribution in [0.1, 0.15) is 21.0 Å². The van der Waals surface area contributed by atoms with Gasteiger partial charge in [0.25, 0.3) is 5.56 Å². The summed E-state index contributed by atoms with van der Waals surface area (Å²) in [5.41, 5.74) is 0.105. The first-order valence-electron chi connectivity index (χ1n) is 8.45. The zero-order chi connectivity index (χ0) is 20.1. The molecule has 3 rings (SSSR count). The van der Waals surface area contributed by atoms with Gasteiger partial charge >= 0.3 is 5.97 Å². The van der Waals surface area contributed by atoms with E-state index in [1.165, 1.54) is 24.3 Å². The molecule has 10 heteroatoms. The van der Waals surface area contributed by atoms with E-state index in [1.54, 1.807) is 19.1 Å². The van der Waals surface area contributed by atoms with Crippen molar-refractivity contribution in [1.29, 1.82) is 0 Å². The second-order valence-electron chi connectivity index (χ2n) is 5.90. The number of nitrogens with one attached hydrogen (secondary N) is 1. The van der Waals surface area contributed by atoms with E-state index in [0.29, 0.717) is 26.4 Å². The monoisotopic (exact) mass is 405 g/mol. The summed E-state index contributed by atoms with van der Waals surface area (Å²) in [5, 5.41) is 2.98. The first-order valence-corrected chi connectivity index (χ1v) is 9.26. The van der Waals surface area contributed by atoms with Gasteiger partial charge in [0.15, 0.2) is 0 Å². The molecule has 0 saturated carbocycles. The molecule has 3 aromatic rings. The Bertz CT molecular complexity index is 1040. The number of fused-ring (bicyclic) bond motifs is 1. The third-order valence-electron chi connectivity index (χ3n) is 3.98. The minimum absolute atomic E-state index is 0.122. The summed E-state index contributed by atoms with van der Waals surface area (Å²) in [5.74, 6) is -0.272. The lowest BCUT2D eigenvalue weighted by atomic mass is 10.2. The highest BCUT2D eigenvalue weighted by Gasteiger charge is 2.21. The molecular formula is C18H19N3O6S. The Balaban J connectivity index is 1.76. The summed E-state index contributed by atoms with van der Waals surface area (Å²) in [6.45, 7) is 2.11. The molecule has 1 N–H and O–H groups in total. The van der Waals surface area contributed by atoms with Crippen LogP contribution in [0.2, 0.25) is 0 Å². The fraction of sp³-hybridized carbons (Fsp3) is 0.333. The molecule has 148 valence electrons. The zero-order valence-electron chi connectivity index (χ0n) is 15.4. The van der Waals surface area contributed by atoms with E-state index in [2.05, 4.69) is 10.3 Å². The molecule has 0 unspecified atom stereocenters. The summed E-state index contributed by atoms with van der Waals surface area (Å²) in [7, 11) is 1.51. The number of aromatic nitrogens is 2. The minimum Gasteiger partial charge on any atom is -0.467 e. The van der Waals surface area contributed by atoms with Gasteiger partial charge in [-0.25, -0.2) is 9.78 Å². The normalized spacial score (nSPS) is 10.9. The maximum atomic E-state index is 12.8. The van der Waals surface area contributed by atoms with Crippen LogP contribution in [0.15, 0.2) is 33.9 Å². The van der Waals surface area contributed by atoms with E-state index in [-0.39, 0.29) is 37.8 Å². The van der Waals surface area contributed by atoms with Gasteiger partial charge in [-0.15, -0.1) is 11.3 Å². The summed E-state index contributed by atoms with van der Waals surface area (Å²) in [6.07, 6.45) is 2.81. The molecule has 0 aliphatic rings. The Morgan fingerprint density at radius 2 is 2.18 bits per heavy atom. The molecule has 0 fully saturated rings.